The zero-order valence-corrected chi connectivity index (χ0v) is 9.65. The highest BCUT2D eigenvalue weighted by Crippen LogP contribution is 2.22. The number of fused-ring (bicyclic) bond motifs is 3. The van der Waals surface area contributed by atoms with Crippen LogP contribution < -0.4 is 10.4 Å². The molecule has 17 heavy (non-hydrogen) atoms. The van der Waals surface area contributed by atoms with E-state index < -0.39 is 0 Å². The molecule has 0 fully saturated rings. The highest BCUT2D eigenvalue weighted by atomic mass is 16.5. The molecule has 0 saturated carbocycles. The van der Waals surface area contributed by atoms with Crippen molar-refractivity contribution in [2.24, 2.45) is 0 Å². The quantitative estimate of drug-likeness (QED) is 0.693. The van der Waals surface area contributed by atoms with E-state index in [0.29, 0.717) is 0 Å². The molecule has 2 aromatic heterocycles. The highest BCUT2D eigenvalue weighted by Gasteiger charge is 2.06. The number of rotatable bonds is 1. The average molecular weight is 228 g/mol. The Labute approximate surface area is 97.5 Å². The molecule has 4 nitrogen and oxygen atoms in total. The van der Waals surface area contributed by atoms with Crippen LogP contribution in [0, 0.1) is 6.92 Å². The van der Waals surface area contributed by atoms with E-state index in [1.165, 1.54) is 0 Å². The minimum absolute atomic E-state index is 0.131. The fourth-order valence-corrected chi connectivity index (χ4v) is 2.12. The molecule has 4 heteroatoms. The molecule has 0 atom stereocenters. The summed E-state index contributed by atoms with van der Waals surface area (Å²) >= 11 is 0. The molecule has 0 saturated heterocycles. The number of hydrogen-bond acceptors (Lipinski definition) is 2. The Hall–Kier alpha value is -2.23. The van der Waals surface area contributed by atoms with E-state index >= 15 is 0 Å². The Morgan fingerprint density at radius 1 is 1.29 bits per heavy atom. The van der Waals surface area contributed by atoms with Gasteiger partial charge in [0.15, 0.2) is 0 Å². The first-order valence-electron chi connectivity index (χ1n) is 5.38. The summed E-state index contributed by atoms with van der Waals surface area (Å²) in [7, 11) is 1.61. The van der Waals surface area contributed by atoms with Crippen molar-refractivity contribution in [1.82, 2.24) is 9.38 Å². The number of nitrogens with zero attached hydrogens (tertiary/aromatic N) is 1. The summed E-state index contributed by atoms with van der Waals surface area (Å²) in [5.74, 6) is 0.737. The van der Waals surface area contributed by atoms with Gasteiger partial charge in [-0.25, -0.2) is 4.79 Å². The Morgan fingerprint density at radius 2 is 2.12 bits per heavy atom. The highest BCUT2D eigenvalue weighted by molar-refractivity contribution is 5.94. The molecule has 86 valence electrons. The van der Waals surface area contributed by atoms with Gasteiger partial charge in [0.25, 0.3) is 0 Å². The van der Waals surface area contributed by atoms with Gasteiger partial charge in [-0.05, 0) is 30.7 Å². The van der Waals surface area contributed by atoms with Gasteiger partial charge in [-0.1, -0.05) is 0 Å². The molecule has 0 bridgehead atoms. The molecule has 0 amide bonds. The second-order valence-corrected chi connectivity index (χ2v) is 4.11. The second-order valence-electron chi connectivity index (χ2n) is 4.11. The zero-order chi connectivity index (χ0) is 12.0. The predicted molar refractivity (Wildman–Crippen MR) is 66.8 cm³/mol. The minimum Gasteiger partial charge on any atom is -0.497 e. The fourth-order valence-electron chi connectivity index (χ4n) is 2.12. The molecular weight excluding hydrogens is 216 g/mol. The van der Waals surface area contributed by atoms with Gasteiger partial charge in [-0.15, -0.1) is 0 Å². The van der Waals surface area contributed by atoms with Gasteiger partial charge in [0, 0.05) is 17.6 Å². The van der Waals surface area contributed by atoms with Gasteiger partial charge in [-0.3, -0.25) is 4.40 Å². The molecule has 3 rings (SSSR count). The number of aryl methyl sites for hydroxylation is 1. The lowest BCUT2D eigenvalue weighted by atomic mass is 10.2. The first-order valence-corrected chi connectivity index (χ1v) is 5.38. The van der Waals surface area contributed by atoms with Gasteiger partial charge in [0.2, 0.25) is 0 Å². The first-order chi connectivity index (χ1) is 8.19. The third-order valence-corrected chi connectivity index (χ3v) is 2.92. The maximum atomic E-state index is 11.9. The summed E-state index contributed by atoms with van der Waals surface area (Å²) in [5, 5.41) is 1.01. The number of aromatic nitrogens is 2. The summed E-state index contributed by atoms with van der Waals surface area (Å²) < 4.78 is 6.78. The summed E-state index contributed by atoms with van der Waals surface area (Å²) in [6.45, 7) is 1.97. The first kappa shape index (κ1) is 9.96. The van der Waals surface area contributed by atoms with Crippen LogP contribution in [0.3, 0.4) is 0 Å². The van der Waals surface area contributed by atoms with Gasteiger partial charge >= 0.3 is 5.69 Å². The van der Waals surface area contributed by atoms with Crippen LogP contribution in [0.25, 0.3) is 16.4 Å². The average Bonchev–Trinajstić information content (AvgIpc) is 2.71. The topological polar surface area (TPSA) is 46.5 Å². The SMILES string of the molecule is COc1ccc2c(c1)[nH]c(=O)n1cc(C)cc21. The minimum atomic E-state index is -0.131. The van der Waals surface area contributed by atoms with E-state index in [4.69, 9.17) is 4.74 Å². The maximum absolute atomic E-state index is 11.9. The predicted octanol–water partition coefficient (Wildman–Crippen LogP) is 2.10. The van der Waals surface area contributed by atoms with Gasteiger partial charge < -0.3 is 9.72 Å². The van der Waals surface area contributed by atoms with Crippen molar-refractivity contribution in [2.75, 3.05) is 7.11 Å². The van der Waals surface area contributed by atoms with Gasteiger partial charge in [0.05, 0.1) is 18.1 Å². The fraction of sp³-hybridized carbons (Fsp3) is 0.154. The van der Waals surface area contributed by atoms with Gasteiger partial charge in [-0.2, -0.15) is 0 Å². The molecule has 0 aliphatic rings. The van der Waals surface area contributed by atoms with Crippen molar-refractivity contribution in [2.45, 2.75) is 6.92 Å². The Morgan fingerprint density at radius 3 is 2.88 bits per heavy atom. The molecule has 1 N–H and O–H groups in total. The lowest BCUT2D eigenvalue weighted by Gasteiger charge is -2.04. The number of H-pyrrole nitrogens is 1. The summed E-state index contributed by atoms with van der Waals surface area (Å²) in [4.78, 5) is 14.7. The van der Waals surface area contributed by atoms with Crippen LogP contribution in [0.4, 0.5) is 0 Å². The summed E-state index contributed by atoms with van der Waals surface area (Å²) in [5.41, 5.74) is 2.65. The van der Waals surface area contributed by atoms with Crippen molar-refractivity contribution in [1.29, 1.82) is 0 Å². The van der Waals surface area contributed by atoms with Crippen LogP contribution in [0.2, 0.25) is 0 Å². The second kappa shape index (κ2) is 3.38. The molecule has 0 aliphatic carbocycles. The molecule has 0 unspecified atom stereocenters. The lowest BCUT2D eigenvalue weighted by Crippen LogP contribution is -2.14. The third kappa shape index (κ3) is 1.41. The monoisotopic (exact) mass is 228 g/mol. The summed E-state index contributed by atoms with van der Waals surface area (Å²) in [6, 6.07) is 7.69. The smallest absolute Gasteiger partial charge is 0.330 e. The van der Waals surface area contributed by atoms with E-state index in [2.05, 4.69) is 4.98 Å². The maximum Gasteiger partial charge on any atom is 0.330 e. The standard InChI is InChI=1S/C13H12N2O2/c1-8-5-12-10-4-3-9(17-2)6-11(10)14-13(16)15(12)7-8/h3-7H,1-2H3,(H,14,16). The van der Waals surface area contributed by atoms with Crippen LogP contribution in [0.15, 0.2) is 35.3 Å². The van der Waals surface area contributed by atoms with Crippen LogP contribution in [-0.2, 0) is 0 Å². The van der Waals surface area contributed by atoms with E-state index in [0.717, 1.165) is 27.7 Å². The number of hydrogen-bond donors (Lipinski definition) is 1. The molecular formula is C13H12N2O2. The Bertz CT molecular complexity index is 768. The molecule has 0 radical (unpaired) electrons. The number of benzene rings is 1. The zero-order valence-electron chi connectivity index (χ0n) is 9.65. The molecule has 1 aromatic carbocycles. The molecule has 3 aromatic rings. The van der Waals surface area contributed by atoms with E-state index in [-0.39, 0.29) is 5.69 Å². The van der Waals surface area contributed by atoms with Crippen molar-refractivity contribution >= 4 is 16.4 Å². The van der Waals surface area contributed by atoms with Crippen molar-refractivity contribution in [3.05, 3.63) is 46.5 Å². The van der Waals surface area contributed by atoms with Crippen LogP contribution in [-0.4, -0.2) is 16.5 Å². The molecule has 2 heterocycles. The van der Waals surface area contributed by atoms with Crippen molar-refractivity contribution in [3.63, 3.8) is 0 Å². The van der Waals surface area contributed by atoms with Crippen LogP contribution in [0.5, 0.6) is 5.75 Å². The van der Waals surface area contributed by atoms with E-state index in [1.54, 1.807) is 11.5 Å². The van der Waals surface area contributed by atoms with E-state index in [9.17, 15) is 4.79 Å². The molecule has 0 aliphatic heterocycles. The number of nitrogens with one attached hydrogen (secondary N) is 1. The van der Waals surface area contributed by atoms with Crippen LogP contribution >= 0.6 is 0 Å². The van der Waals surface area contributed by atoms with Crippen molar-refractivity contribution in [3.8, 4) is 5.75 Å². The normalized spacial score (nSPS) is 11.2. The van der Waals surface area contributed by atoms with Crippen molar-refractivity contribution < 1.29 is 4.74 Å². The van der Waals surface area contributed by atoms with E-state index in [1.807, 2.05) is 37.4 Å². The Balaban J connectivity index is 2.52. The van der Waals surface area contributed by atoms with Gasteiger partial charge in [0.1, 0.15) is 5.75 Å². The third-order valence-electron chi connectivity index (χ3n) is 2.92. The lowest BCUT2D eigenvalue weighted by molar-refractivity contribution is 0.415. The van der Waals surface area contributed by atoms with Crippen LogP contribution in [0.1, 0.15) is 5.56 Å². The number of ether oxygens (including phenoxy) is 1. The Kier molecular flexibility index (Phi) is 1.98. The summed E-state index contributed by atoms with van der Waals surface area (Å²) in [6.07, 6.45) is 1.83. The number of methoxy groups -OCH3 is 1. The molecule has 0 spiro atoms. The number of aromatic amines is 1. The largest absolute Gasteiger partial charge is 0.497 e.